The van der Waals surface area contributed by atoms with Crippen molar-refractivity contribution >= 4 is 68.1 Å². The standard InChI is InChI=1S/C28H20N2O2S5/c1-27(2)15-11-19(35-23(15)25-17(31-27)7-9-33-25)13-5-6-14(22-21(13)29-37-30-22)20-12-16-24(36-20)26-18(8-10-34-26)32-28(16,3)4/h5-12H,1-4H3. The number of nitrogens with zero attached hydrogens (tertiary/aromatic N) is 2. The lowest BCUT2D eigenvalue weighted by Crippen LogP contribution is -2.27. The molecule has 6 aromatic rings. The zero-order valence-electron chi connectivity index (χ0n) is 20.4. The molecule has 0 bridgehead atoms. The predicted octanol–water partition coefficient (Wildman–Crippen LogP) is 9.86. The molecule has 2 aliphatic heterocycles. The van der Waals surface area contributed by atoms with Gasteiger partial charge in [0.1, 0.15) is 33.7 Å². The quantitative estimate of drug-likeness (QED) is 0.206. The number of benzene rings is 1. The number of fused-ring (bicyclic) bond motifs is 7. The van der Waals surface area contributed by atoms with E-state index in [2.05, 4.69) is 74.9 Å². The average molecular weight is 577 g/mol. The fourth-order valence-corrected chi connectivity index (χ4v) is 10.5. The molecule has 8 rings (SSSR count). The summed E-state index contributed by atoms with van der Waals surface area (Å²) in [4.78, 5) is 7.45. The van der Waals surface area contributed by atoms with Gasteiger partial charge in [-0.3, -0.25) is 0 Å². The number of aromatic nitrogens is 2. The Morgan fingerprint density at radius 2 is 1.08 bits per heavy atom. The van der Waals surface area contributed by atoms with Crippen LogP contribution in [-0.2, 0) is 11.2 Å². The molecule has 0 amide bonds. The maximum Gasteiger partial charge on any atom is 0.140 e. The molecular weight excluding hydrogens is 557 g/mol. The topological polar surface area (TPSA) is 44.2 Å². The Morgan fingerprint density at radius 3 is 1.54 bits per heavy atom. The van der Waals surface area contributed by atoms with Crippen molar-refractivity contribution in [2.75, 3.05) is 0 Å². The first kappa shape index (κ1) is 22.4. The normalized spacial score (nSPS) is 16.4. The Bertz CT molecular complexity index is 1730. The van der Waals surface area contributed by atoms with Crippen LogP contribution in [0.25, 0.3) is 51.4 Å². The van der Waals surface area contributed by atoms with Gasteiger partial charge in [-0.15, -0.1) is 45.3 Å². The van der Waals surface area contributed by atoms with Gasteiger partial charge in [0.05, 0.1) is 31.2 Å². The van der Waals surface area contributed by atoms with E-state index in [1.165, 1.54) is 52.1 Å². The molecule has 0 fully saturated rings. The lowest BCUT2D eigenvalue weighted by molar-refractivity contribution is 0.107. The van der Waals surface area contributed by atoms with Crippen LogP contribution in [0.4, 0.5) is 0 Å². The van der Waals surface area contributed by atoms with Crippen molar-refractivity contribution in [3.05, 3.63) is 58.3 Å². The van der Waals surface area contributed by atoms with Crippen molar-refractivity contribution in [1.29, 1.82) is 0 Å². The fraction of sp³-hybridized carbons (Fsp3) is 0.214. The third-order valence-electron chi connectivity index (χ3n) is 7.11. The van der Waals surface area contributed by atoms with Crippen molar-refractivity contribution < 1.29 is 9.47 Å². The summed E-state index contributed by atoms with van der Waals surface area (Å²) in [6, 6.07) is 13.2. The Labute approximate surface area is 234 Å². The van der Waals surface area contributed by atoms with Crippen molar-refractivity contribution in [2.24, 2.45) is 0 Å². The number of hydrogen-bond acceptors (Lipinski definition) is 9. The Morgan fingerprint density at radius 1 is 0.622 bits per heavy atom. The van der Waals surface area contributed by atoms with Crippen molar-refractivity contribution in [3.8, 4) is 51.9 Å². The molecule has 0 spiro atoms. The molecule has 0 aliphatic carbocycles. The van der Waals surface area contributed by atoms with Gasteiger partial charge in [-0.25, -0.2) is 0 Å². The van der Waals surface area contributed by atoms with Gasteiger partial charge in [0, 0.05) is 32.0 Å². The molecule has 7 heterocycles. The van der Waals surface area contributed by atoms with E-state index in [1.807, 2.05) is 22.7 Å². The molecule has 0 unspecified atom stereocenters. The minimum Gasteiger partial charge on any atom is -0.482 e. The van der Waals surface area contributed by atoms with Crippen molar-refractivity contribution in [1.82, 2.24) is 8.75 Å². The van der Waals surface area contributed by atoms with Gasteiger partial charge < -0.3 is 9.47 Å². The molecule has 0 saturated heterocycles. The van der Waals surface area contributed by atoms with Gasteiger partial charge in [0.25, 0.3) is 0 Å². The Balaban J connectivity index is 1.28. The molecule has 1 aromatic carbocycles. The Kier molecular flexibility index (Phi) is 4.55. The SMILES string of the molecule is CC1(C)Oc2ccsc2-c2sc(-c3ccc(-c4cc5c(s4)-c4sccc4OC5(C)C)c4nsnc34)cc21. The summed E-state index contributed by atoms with van der Waals surface area (Å²) in [5, 5.41) is 4.22. The molecule has 184 valence electrons. The summed E-state index contributed by atoms with van der Waals surface area (Å²) in [6.45, 7) is 8.59. The van der Waals surface area contributed by atoms with Crippen molar-refractivity contribution in [2.45, 2.75) is 38.9 Å². The maximum atomic E-state index is 6.34. The molecule has 37 heavy (non-hydrogen) atoms. The van der Waals surface area contributed by atoms with Crippen LogP contribution in [0.1, 0.15) is 38.8 Å². The van der Waals surface area contributed by atoms with E-state index in [-0.39, 0.29) is 11.2 Å². The van der Waals surface area contributed by atoms with Crippen LogP contribution in [0.5, 0.6) is 11.5 Å². The first-order chi connectivity index (χ1) is 17.8. The van der Waals surface area contributed by atoms with E-state index in [1.54, 1.807) is 22.7 Å². The first-order valence-corrected chi connectivity index (χ1v) is 16.0. The second-order valence-electron chi connectivity index (χ2n) is 10.3. The number of ether oxygens (including phenoxy) is 2. The summed E-state index contributed by atoms with van der Waals surface area (Å²) in [7, 11) is 0. The van der Waals surface area contributed by atoms with Gasteiger partial charge in [-0.05, 0) is 62.7 Å². The molecule has 4 nitrogen and oxygen atoms in total. The van der Waals surface area contributed by atoms with Gasteiger partial charge in [-0.2, -0.15) is 8.75 Å². The van der Waals surface area contributed by atoms with E-state index in [0.29, 0.717) is 0 Å². The lowest BCUT2D eigenvalue weighted by atomic mass is 9.94. The van der Waals surface area contributed by atoms with E-state index < -0.39 is 0 Å². The zero-order chi connectivity index (χ0) is 25.1. The highest BCUT2D eigenvalue weighted by Crippen LogP contribution is 2.55. The van der Waals surface area contributed by atoms with Crippen LogP contribution >= 0.6 is 57.1 Å². The molecule has 0 saturated carbocycles. The summed E-state index contributed by atoms with van der Waals surface area (Å²) < 4.78 is 22.3. The van der Waals surface area contributed by atoms with E-state index in [4.69, 9.17) is 18.2 Å². The molecule has 9 heteroatoms. The predicted molar refractivity (Wildman–Crippen MR) is 158 cm³/mol. The third kappa shape index (κ3) is 3.15. The zero-order valence-corrected chi connectivity index (χ0v) is 24.5. The number of hydrogen-bond donors (Lipinski definition) is 0. The van der Waals surface area contributed by atoms with E-state index in [9.17, 15) is 0 Å². The smallest absolute Gasteiger partial charge is 0.140 e. The van der Waals surface area contributed by atoms with Gasteiger partial charge in [0.2, 0.25) is 0 Å². The summed E-state index contributed by atoms with van der Waals surface area (Å²) >= 11 is 8.42. The molecule has 5 aromatic heterocycles. The fourth-order valence-electron chi connectivity index (χ4n) is 5.29. The third-order valence-corrected chi connectivity index (χ3v) is 12.1. The lowest BCUT2D eigenvalue weighted by Gasteiger charge is -2.31. The largest absolute Gasteiger partial charge is 0.482 e. The Hall–Kier alpha value is -2.56. The van der Waals surface area contributed by atoms with Crippen LogP contribution in [0.15, 0.2) is 47.2 Å². The van der Waals surface area contributed by atoms with Crippen LogP contribution in [0.2, 0.25) is 0 Å². The molecule has 2 aliphatic rings. The highest BCUT2D eigenvalue weighted by Gasteiger charge is 2.37. The number of rotatable bonds is 2. The monoisotopic (exact) mass is 576 g/mol. The minimum atomic E-state index is -0.372. The van der Waals surface area contributed by atoms with Crippen LogP contribution in [0, 0.1) is 0 Å². The van der Waals surface area contributed by atoms with E-state index in [0.717, 1.165) is 33.7 Å². The van der Waals surface area contributed by atoms with Crippen LogP contribution in [0.3, 0.4) is 0 Å². The molecule has 0 N–H and O–H groups in total. The van der Waals surface area contributed by atoms with Crippen molar-refractivity contribution in [3.63, 3.8) is 0 Å². The highest BCUT2D eigenvalue weighted by atomic mass is 32.1. The highest BCUT2D eigenvalue weighted by molar-refractivity contribution is 7.24. The van der Waals surface area contributed by atoms with Crippen LogP contribution < -0.4 is 9.47 Å². The molecule has 0 radical (unpaired) electrons. The van der Waals surface area contributed by atoms with E-state index >= 15 is 0 Å². The molecule has 0 atom stereocenters. The van der Waals surface area contributed by atoms with Gasteiger partial charge in [0.15, 0.2) is 0 Å². The van der Waals surface area contributed by atoms with Gasteiger partial charge in [-0.1, -0.05) is 12.1 Å². The van der Waals surface area contributed by atoms with Gasteiger partial charge >= 0.3 is 0 Å². The second-order valence-corrected chi connectivity index (χ2v) is 14.7. The number of thiophene rings is 4. The first-order valence-electron chi connectivity index (χ1n) is 11.9. The summed E-state index contributed by atoms with van der Waals surface area (Å²) in [6.07, 6.45) is 0. The minimum absolute atomic E-state index is 0.372. The maximum absolute atomic E-state index is 6.34. The summed E-state index contributed by atoms with van der Waals surface area (Å²) in [5.74, 6) is 1.96. The second kappa shape index (κ2) is 7.51. The molecular formula is C28H20N2O2S5. The van der Waals surface area contributed by atoms with Crippen LogP contribution in [-0.4, -0.2) is 8.75 Å². The summed E-state index contributed by atoms with van der Waals surface area (Å²) in [5.41, 5.74) is 5.92. The average Bonchev–Trinajstić information content (AvgIpc) is 3.66.